The van der Waals surface area contributed by atoms with E-state index in [-0.39, 0.29) is 5.91 Å². The van der Waals surface area contributed by atoms with E-state index in [1.165, 1.54) is 4.90 Å². The number of aliphatic carboxylic acids is 1. The van der Waals surface area contributed by atoms with Crippen molar-refractivity contribution in [2.75, 3.05) is 6.54 Å². The van der Waals surface area contributed by atoms with Crippen molar-refractivity contribution in [3.63, 3.8) is 0 Å². The van der Waals surface area contributed by atoms with Gasteiger partial charge >= 0.3 is 5.97 Å². The van der Waals surface area contributed by atoms with Gasteiger partial charge in [0.1, 0.15) is 6.04 Å². The van der Waals surface area contributed by atoms with Crippen molar-refractivity contribution >= 4 is 11.9 Å². The van der Waals surface area contributed by atoms with Crippen LogP contribution in [0, 0.1) is 6.92 Å². The molecule has 1 atom stereocenters. The predicted octanol–water partition coefficient (Wildman–Crippen LogP) is 1.68. The zero-order valence-corrected chi connectivity index (χ0v) is 12.0. The van der Waals surface area contributed by atoms with Crippen LogP contribution in [0.2, 0.25) is 0 Å². The van der Waals surface area contributed by atoms with E-state index in [1.54, 1.807) is 6.20 Å². The van der Waals surface area contributed by atoms with Crippen LogP contribution in [0.25, 0.3) is 0 Å². The maximum absolute atomic E-state index is 12.5. The number of hydrogen-bond donors (Lipinski definition) is 1. The lowest BCUT2D eigenvalue weighted by molar-refractivity contribution is -0.141. The van der Waals surface area contributed by atoms with Crippen molar-refractivity contribution in [3.05, 3.63) is 17.5 Å². The molecule has 2 rings (SSSR count). The smallest absolute Gasteiger partial charge is 0.326 e. The van der Waals surface area contributed by atoms with Gasteiger partial charge in [-0.25, -0.2) is 4.79 Å². The Morgan fingerprint density at radius 3 is 2.90 bits per heavy atom. The summed E-state index contributed by atoms with van der Waals surface area (Å²) >= 11 is 0. The predicted molar refractivity (Wildman–Crippen MR) is 73.6 cm³/mol. The molecule has 20 heavy (non-hydrogen) atoms. The molecule has 1 aromatic rings. The first-order chi connectivity index (χ1) is 9.56. The van der Waals surface area contributed by atoms with Crippen molar-refractivity contribution in [1.82, 2.24) is 14.7 Å². The molecule has 1 fully saturated rings. The number of carbonyl (C=O) groups excluding carboxylic acids is 1. The van der Waals surface area contributed by atoms with Crippen molar-refractivity contribution in [2.45, 2.75) is 52.1 Å². The van der Waals surface area contributed by atoms with E-state index in [4.69, 9.17) is 5.11 Å². The number of aryl methyl sites for hydroxylation is 1. The SMILES string of the molecule is CCCCn1ncc(C(=O)N2CCC[C@H]2C(=O)O)c1C. The van der Waals surface area contributed by atoms with Gasteiger partial charge in [0, 0.05) is 18.8 Å². The summed E-state index contributed by atoms with van der Waals surface area (Å²) < 4.78 is 1.82. The topological polar surface area (TPSA) is 75.4 Å². The second-order valence-electron chi connectivity index (χ2n) is 5.22. The fourth-order valence-electron chi connectivity index (χ4n) is 2.61. The van der Waals surface area contributed by atoms with Gasteiger partial charge in [0.25, 0.3) is 5.91 Å². The Morgan fingerprint density at radius 1 is 1.50 bits per heavy atom. The molecule has 1 saturated heterocycles. The molecule has 0 unspecified atom stereocenters. The molecular weight excluding hydrogens is 258 g/mol. The second kappa shape index (κ2) is 6.07. The maximum atomic E-state index is 12.5. The average molecular weight is 279 g/mol. The minimum absolute atomic E-state index is 0.213. The normalized spacial score (nSPS) is 18.5. The van der Waals surface area contributed by atoms with Gasteiger partial charge in [0.2, 0.25) is 0 Å². The Hall–Kier alpha value is -1.85. The lowest BCUT2D eigenvalue weighted by Gasteiger charge is -2.21. The standard InChI is InChI=1S/C14H21N3O3/c1-3-4-8-17-10(2)11(9-15-17)13(18)16-7-5-6-12(16)14(19)20/h9,12H,3-8H2,1-2H3,(H,19,20)/t12-/m0/s1. The molecule has 2 heterocycles. The quantitative estimate of drug-likeness (QED) is 0.889. The van der Waals surface area contributed by atoms with E-state index < -0.39 is 12.0 Å². The Bertz CT molecular complexity index is 510. The van der Waals surface area contributed by atoms with Gasteiger partial charge in [-0.1, -0.05) is 13.3 Å². The minimum atomic E-state index is -0.924. The summed E-state index contributed by atoms with van der Waals surface area (Å²) in [4.78, 5) is 25.1. The van der Waals surface area contributed by atoms with Crippen LogP contribution in [-0.4, -0.2) is 44.3 Å². The summed E-state index contributed by atoms with van der Waals surface area (Å²) in [7, 11) is 0. The summed E-state index contributed by atoms with van der Waals surface area (Å²) in [5, 5.41) is 13.4. The fourth-order valence-corrected chi connectivity index (χ4v) is 2.61. The van der Waals surface area contributed by atoms with Crippen LogP contribution in [-0.2, 0) is 11.3 Å². The molecule has 0 bridgehead atoms. The molecule has 1 aliphatic heterocycles. The first kappa shape index (κ1) is 14.6. The van der Waals surface area contributed by atoms with Gasteiger partial charge in [-0.15, -0.1) is 0 Å². The summed E-state index contributed by atoms with van der Waals surface area (Å²) in [6, 6.07) is -0.694. The van der Waals surface area contributed by atoms with Gasteiger partial charge in [-0.05, 0) is 26.2 Å². The van der Waals surface area contributed by atoms with E-state index in [0.717, 1.165) is 31.5 Å². The van der Waals surface area contributed by atoms with Gasteiger partial charge in [0.05, 0.1) is 11.8 Å². The molecule has 110 valence electrons. The first-order valence-corrected chi connectivity index (χ1v) is 7.12. The number of carbonyl (C=O) groups is 2. The Balaban J connectivity index is 2.17. The summed E-state index contributed by atoms with van der Waals surface area (Å²) in [6.45, 7) is 5.27. The molecular formula is C14H21N3O3. The Labute approximate surface area is 118 Å². The third-order valence-corrected chi connectivity index (χ3v) is 3.86. The number of amides is 1. The number of carboxylic acid groups (broad SMARTS) is 1. The van der Waals surface area contributed by atoms with Crippen LogP contribution in [0.1, 0.15) is 48.7 Å². The van der Waals surface area contributed by atoms with Crippen molar-refractivity contribution in [2.24, 2.45) is 0 Å². The summed E-state index contributed by atoms with van der Waals surface area (Å²) in [5.74, 6) is -1.14. The third kappa shape index (κ3) is 2.69. The van der Waals surface area contributed by atoms with Crippen molar-refractivity contribution in [3.8, 4) is 0 Å². The van der Waals surface area contributed by atoms with Gasteiger partial charge in [-0.3, -0.25) is 9.48 Å². The molecule has 1 aromatic heterocycles. The van der Waals surface area contributed by atoms with Crippen LogP contribution in [0.3, 0.4) is 0 Å². The number of nitrogens with zero attached hydrogens (tertiary/aromatic N) is 3. The van der Waals surface area contributed by atoms with Crippen LogP contribution >= 0.6 is 0 Å². The molecule has 1 amide bonds. The first-order valence-electron chi connectivity index (χ1n) is 7.12. The fraction of sp³-hybridized carbons (Fsp3) is 0.643. The molecule has 0 aliphatic carbocycles. The molecule has 0 radical (unpaired) electrons. The average Bonchev–Trinajstić information content (AvgIpc) is 3.02. The summed E-state index contributed by atoms with van der Waals surface area (Å²) in [6.07, 6.45) is 4.91. The van der Waals surface area contributed by atoms with Gasteiger partial charge in [-0.2, -0.15) is 5.10 Å². The highest BCUT2D eigenvalue weighted by Crippen LogP contribution is 2.21. The molecule has 0 aromatic carbocycles. The zero-order chi connectivity index (χ0) is 14.7. The highest BCUT2D eigenvalue weighted by molar-refractivity contribution is 5.97. The van der Waals surface area contributed by atoms with Crippen LogP contribution < -0.4 is 0 Å². The molecule has 1 aliphatic rings. The lowest BCUT2D eigenvalue weighted by atomic mass is 10.2. The van der Waals surface area contributed by atoms with Gasteiger partial charge in [0.15, 0.2) is 0 Å². The number of carboxylic acids is 1. The number of hydrogen-bond acceptors (Lipinski definition) is 3. The van der Waals surface area contributed by atoms with E-state index in [1.807, 2.05) is 11.6 Å². The number of unbranched alkanes of at least 4 members (excludes halogenated alkanes) is 1. The van der Waals surface area contributed by atoms with Crippen LogP contribution in [0.15, 0.2) is 6.20 Å². The number of aromatic nitrogens is 2. The largest absolute Gasteiger partial charge is 0.480 e. The highest BCUT2D eigenvalue weighted by Gasteiger charge is 2.35. The lowest BCUT2D eigenvalue weighted by Crippen LogP contribution is -2.40. The molecule has 6 nitrogen and oxygen atoms in total. The summed E-state index contributed by atoms with van der Waals surface area (Å²) in [5.41, 5.74) is 1.34. The molecule has 6 heteroatoms. The van der Waals surface area contributed by atoms with E-state index in [9.17, 15) is 9.59 Å². The highest BCUT2D eigenvalue weighted by atomic mass is 16.4. The van der Waals surface area contributed by atoms with Crippen LogP contribution in [0.4, 0.5) is 0 Å². The van der Waals surface area contributed by atoms with E-state index in [2.05, 4.69) is 12.0 Å². The van der Waals surface area contributed by atoms with E-state index in [0.29, 0.717) is 18.5 Å². The Kier molecular flexibility index (Phi) is 4.42. The Morgan fingerprint density at radius 2 is 2.25 bits per heavy atom. The minimum Gasteiger partial charge on any atom is -0.480 e. The van der Waals surface area contributed by atoms with Crippen molar-refractivity contribution in [1.29, 1.82) is 0 Å². The van der Waals surface area contributed by atoms with Gasteiger partial charge < -0.3 is 10.0 Å². The molecule has 1 N–H and O–H groups in total. The number of rotatable bonds is 5. The monoisotopic (exact) mass is 279 g/mol. The molecule has 0 spiro atoms. The number of likely N-dealkylation sites (tertiary alicyclic amines) is 1. The van der Waals surface area contributed by atoms with Crippen LogP contribution in [0.5, 0.6) is 0 Å². The maximum Gasteiger partial charge on any atom is 0.326 e. The van der Waals surface area contributed by atoms with E-state index >= 15 is 0 Å². The van der Waals surface area contributed by atoms with Crippen molar-refractivity contribution < 1.29 is 14.7 Å². The third-order valence-electron chi connectivity index (χ3n) is 3.86. The zero-order valence-electron chi connectivity index (χ0n) is 12.0. The second-order valence-corrected chi connectivity index (χ2v) is 5.22. The molecule has 0 saturated carbocycles.